The molecule has 0 unspecified atom stereocenters. The minimum absolute atomic E-state index is 0.105. The minimum Gasteiger partial charge on any atom is -0.432 e. The van der Waals surface area contributed by atoms with Crippen LogP contribution in [-0.4, -0.2) is 25.6 Å². The highest BCUT2D eigenvalue weighted by atomic mass is 19.3. The Hall–Kier alpha value is -2.52. The Morgan fingerprint density at radius 1 is 0.867 bits per heavy atom. The zero-order chi connectivity index (χ0) is 32.0. The summed E-state index contributed by atoms with van der Waals surface area (Å²) in [5, 5.41) is 0. The lowest BCUT2D eigenvalue weighted by Crippen LogP contribution is -2.38. The molecule has 1 saturated heterocycles. The molecular weight excluding hydrogens is 594 g/mol. The molecule has 1 heterocycles. The van der Waals surface area contributed by atoms with Crippen LogP contribution in [0, 0.1) is 29.4 Å². The topological polar surface area (TPSA) is 27.7 Å². The molecule has 3 fully saturated rings. The Kier molecular flexibility index (Phi) is 11.6. The molecule has 1 aliphatic heterocycles. The normalized spacial score (nSPS) is 28.2. The Morgan fingerprint density at radius 3 is 2.18 bits per heavy atom. The molecule has 0 bridgehead atoms. The lowest BCUT2D eigenvalue weighted by atomic mass is 9.76. The number of unbranched alkanes of at least 4 members (excludes halogenated alkanes) is 2. The van der Waals surface area contributed by atoms with Gasteiger partial charge in [-0.2, -0.15) is 8.78 Å². The molecule has 0 amide bonds. The quantitative estimate of drug-likeness (QED) is 0.181. The van der Waals surface area contributed by atoms with Crippen LogP contribution in [0.1, 0.15) is 112 Å². The van der Waals surface area contributed by atoms with Gasteiger partial charge in [0, 0.05) is 23.5 Å². The molecule has 0 atom stereocenters. The molecule has 2 aromatic rings. The van der Waals surface area contributed by atoms with Crippen LogP contribution in [0.5, 0.6) is 5.75 Å². The van der Waals surface area contributed by atoms with Crippen LogP contribution in [0.15, 0.2) is 42.7 Å². The number of alkyl halides is 2. The van der Waals surface area contributed by atoms with Gasteiger partial charge < -0.3 is 14.2 Å². The van der Waals surface area contributed by atoms with Crippen LogP contribution in [0.3, 0.4) is 0 Å². The van der Waals surface area contributed by atoms with E-state index in [-0.39, 0.29) is 36.8 Å². The van der Waals surface area contributed by atoms with Gasteiger partial charge in [-0.1, -0.05) is 38.3 Å². The summed E-state index contributed by atoms with van der Waals surface area (Å²) in [4.78, 5) is 0. The Bertz CT molecular complexity index is 1280. The summed E-state index contributed by atoms with van der Waals surface area (Å²) in [7, 11) is 0. The summed E-state index contributed by atoms with van der Waals surface area (Å²) in [6.07, 6.45) is 5.47. The molecular formula is C36H44F6O3. The lowest BCUT2D eigenvalue weighted by Gasteiger charge is -2.38. The second-order valence-electron chi connectivity index (χ2n) is 13.1. The number of hydrogen-bond acceptors (Lipinski definition) is 3. The van der Waals surface area contributed by atoms with Gasteiger partial charge >= 0.3 is 6.11 Å². The van der Waals surface area contributed by atoms with Crippen molar-refractivity contribution in [1.29, 1.82) is 0 Å². The zero-order valence-electron chi connectivity index (χ0n) is 25.9. The fourth-order valence-electron chi connectivity index (χ4n) is 7.33. The number of rotatable bonds is 11. The van der Waals surface area contributed by atoms with Gasteiger partial charge in [0.1, 0.15) is 23.7 Å². The van der Waals surface area contributed by atoms with E-state index < -0.39 is 41.3 Å². The van der Waals surface area contributed by atoms with Crippen molar-refractivity contribution in [2.75, 3.05) is 13.2 Å². The first-order valence-electron chi connectivity index (χ1n) is 16.5. The summed E-state index contributed by atoms with van der Waals surface area (Å²) < 4.78 is 102. The van der Waals surface area contributed by atoms with E-state index in [0.29, 0.717) is 36.3 Å². The molecule has 3 nitrogen and oxygen atoms in total. The molecule has 248 valence electrons. The molecule has 3 aliphatic rings. The summed E-state index contributed by atoms with van der Waals surface area (Å²) in [6, 6.07) is 7.87. The van der Waals surface area contributed by atoms with Crippen molar-refractivity contribution in [2.24, 2.45) is 17.8 Å². The Labute approximate surface area is 262 Å². The molecule has 0 N–H and O–H groups in total. The van der Waals surface area contributed by atoms with Crippen LogP contribution in [0.4, 0.5) is 26.3 Å². The summed E-state index contributed by atoms with van der Waals surface area (Å²) >= 11 is 0. The van der Waals surface area contributed by atoms with E-state index in [9.17, 15) is 22.0 Å². The molecule has 0 spiro atoms. The van der Waals surface area contributed by atoms with Crippen LogP contribution in [-0.2, 0) is 9.47 Å². The maximum Gasteiger partial charge on any atom is 0.400 e. The number of benzene rings is 2. The van der Waals surface area contributed by atoms with Crippen molar-refractivity contribution < 1.29 is 40.6 Å². The van der Waals surface area contributed by atoms with Gasteiger partial charge in [0.25, 0.3) is 0 Å². The van der Waals surface area contributed by atoms with Crippen molar-refractivity contribution in [3.8, 4) is 5.75 Å². The van der Waals surface area contributed by atoms with Crippen LogP contribution in [0.2, 0.25) is 0 Å². The molecule has 2 saturated carbocycles. The largest absolute Gasteiger partial charge is 0.432 e. The predicted molar refractivity (Wildman–Crippen MR) is 161 cm³/mol. The van der Waals surface area contributed by atoms with E-state index >= 15 is 4.39 Å². The van der Waals surface area contributed by atoms with E-state index in [1.807, 2.05) is 12.1 Å². The molecule has 0 aromatic heterocycles. The lowest BCUT2D eigenvalue weighted by molar-refractivity contribution is -0.229. The van der Waals surface area contributed by atoms with Gasteiger partial charge in [0.15, 0.2) is 12.1 Å². The third kappa shape index (κ3) is 8.45. The third-order valence-electron chi connectivity index (χ3n) is 10.1. The second-order valence-corrected chi connectivity index (χ2v) is 13.1. The smallest absolute Gasteiger partial charge is 0.400 e. The standard InChI is InChI=1S/C36H44F6O3/c1-2-3-4-5-23-21-43-35(44-22-23)26-8-6-24(7-9-26)27-12-16-30(32(38)18-27)25-10-13-28(14-11-25)36(41,42)45-29-15-17-31(33(39)19-29)34(40)20-37/h12,15-20,23-26,28,35H,2-11,13-14,21-22H2,1H3. The summed E-state index contributed by atoms with van der Waals surface area (Å²) in [6.45, 7) is 3.74. The fraction of sp³-hybridized carbons (Fsp3) is 0.611. The van der Waals surface area contributed by atoms with Gasteiger partial charge in [-0.05, 0) is 98.9 Å². The SMILES string of the molecule is CCCCCC1COC(C2CCC(c3ccc(C4CCC(C(F)(F)Oc5ccc(C(F)=CF)c(F)c5)CC4)c(F)c3)CC2)OC1. The van der Waals surface area contributed by atoms with Gasteiger partial charge in [0.05, 0.1) is 19.1 Å². The molecule has 5 rings (SSSR count). The summed E-state index contributed by atoms with van der Waals surface area (Å²) in [5.74, 6) is -3.62. The van der Waals surface area contributed by atoms with E-state index in [1.54, 1.807) is 6.07 Å². The highest BCUT2D eigenvalue weighted by Gasteiger charge is 2.44. The van der Waals surface area contributed by atoms with Crippen LogP contribution < -0.4 is 4.74 Å². The van der Waals surface area contributed by atoms with Crippen LogP contribution in [0.25, 0.3) is 5.83 Å². The van der Waals surface area contributed by atoms with E-state index in [1.165, 1.54) is 19.3 Å². The average Bonchev–Trinajstić information content (AvgIpc) is 3.05. The van der Waals surface area contributed by atoms with Gasteiger partial charge in [-0.15, -0.1) is 0 Å². The molecule has 2 aliphatic carbocycles. The van der Waals surface area contributed by atoms with Crippen molar-refractivity contribution in [3.05, 3.63) is 71.1 Å². The second kappa shape index (κ2) is 15.4. The predicted octanol–water partition coefficient (Wildman–Crippen LogP) is 11.0. The first-order valence-corrected chi connectivity index (χ1v) is 16.5. The van der Waals surface area contributed by atoms with Crippen LogP contribution >= 0.6 is 0 Å². The average molecular weight is 639 g/mol. The van der Waals surface area contributed by atoms with Crippen molar-refractivity contribution >= 4 is 5.83 Å². The first-order chi connectivity index (χ1) is 21.7. The van der Waals surface area contributed by atoms with Gasteiger partial charge in [-0.25, -0.2) is 17.6 Å². The van der Waals surface area contributed by atoms with Gasteiger partial charge in [0.2, 0.25) is 0 Å². The maximum absolute atomic E-state index is 15.4. The van der Waals surface area contributed by atoms with Crippen molar-refractivity contribution in [1.82, 2.24) is 0 Å². The van der Waals surface area contributed by atoms with E-state index in [2.05, 4.69) is 6.92 Å². The summed E-state index contributed by atoms with van der Waals surface area (Å²) in [5.41, 5.74) is 0.849. The van der Waals surface area contributed by atoms with Gasteiger partial charge in [-0.3, -0.25) is 0 Å². The molecule has 0 radical (unpaired) electrons. The van der Waals surface area contributed by atoms with Crippen molar-refractivity contribution in [3.63, 3.8) is 0 Å². The monoisotopic (exact) mass is 638 g/mol. The molecule has 9 heteroatoms. The fourth-order valence-corrected chi connectivity index (χ4v) is 7.33. The minimum atomic E-state index is -3.60. The zero-order valence-corrected chi connectivity index (χ0v) is 25.9. The van der Waals surface area contributed by atoms with E-state index in [4.69, 9.17) is 14.2 Å². The maximum atomic E-state index is 15.4. The number of ether oxygens (including phenoxy) is 3. The highest BCUT2D eigenvalue weighted by molar-refractivity contribution is 5.59. The molecule has 45 heavy (non-hydrogen) atoms. The highest BCUT2D eigenvalue weighted by Crippen LogP contribution is 2.45. The third-order valence-corrected chi connectivity index (χ3v) is 10.1. The van der Waals surface area contributed by atoms with E-state index in [0.717, 1.165) is 63.0 Å². The Morgan fingerprint density at radius 2 is 1.56 bits per heavy atom. The number of halogens is 6. The van der Waals surface area contributed by atoms with Crippen molar-refractivity contribution in [2.45, 2.75) is 108 Å². The molecule has 2 aromatic carbocycles. The number of hydrogen-bond donors (Lipinski definition) is 0. The Balaban J connectivity index is 1.09. The first kappa shape index (κ1) is 33.8.